The average Bonchev–Trinajstić information content (AvgIpc) is 2.95. The first kappa shape index (κ1) is 20.3. The molecule has 0 saturated carbocycles. The van der Waals surface area contributed by atoms with Gasteiger partial charge in [-0.15, -0.1) is 0 Å². The van der Waals surface area contributed by atoms with Gasteiger partial charge in [0.2, 0.25) is 5.91 Å². The van der Waals surface area contributed by atoms with Crippen LogP contribution >= 0.6 is 0 Å². The van der Waals surface area contributed by atoms with Crippen LogP contribution in [0.5, 0.6) is 0 Å². The Morgan fingerprint density at radius 1 is 1.07 bits per heavy atom. The Labute approximate surface area is 177 Å². The van der Waals surface area contributed by atoms with Crippen molar-refractivity contribution in [2.75, 3.05) is 44.6 Å². The third-order valence-corrected chi connectivity index (χ3v) is 6.03. The molecule has 0 unspecified atom stereocenters. The first-order valence-electron chi connectivity index (χ1n) is 10.6. The Kier molecular flexibility index (Phi) is 5.99. The summed E-state index contributed by atoms with van der Waals surface area (Å²) in [5, 5.41) is 3.01. The van der Waals surface area contributed by atoms with Crippen molar-refractivity contribution < 1.29 is 9.59 Å². The van der Waals surface area contributed by atoms with Crippen molar-refractivity contribution in [1.82, 2.24) is 19.7 Å². The van der Waals surface area contributed by atoms with Crippen LogP contribution in [0.4, 0.5) is 10.5 Å². The zero-order valence-electron chi connectivity index (χ0n) is 17.5. The highest BCUT2D eigenvalue weighted by atomic mass is 16.2. The molecule has 30 heavy (non-hydrogen) atoms. The number of pyridine rings is 1. The number of anilines is 1. The van der Waals surface area contributed by atoms with Crippen LogP contribution in [0.3, 0.4) is 0 Å². The van der Waals surface area contributed by atoms with Crippen LogP contribution < -0.4 is 5.32 Å². The summed E-state index contributed by atoms with van der Waals surface area (Å²) < 4.78 is 0. The van der Waals surface area contributed by atoms with Crippen molar-refractivity contribution in [2.45, 2.75) is 19.9 Å². The lowest BCUT2D eigenvalue weighted by molar-refractivity contribution is -0.127. The number of nitrogens with one attached hydrogen (secondary N) is 1. The second-order valence-electron chi connectivity index (χ2n) is 8.37. The molecule has 1 atom stereocenters. The fourth-order valence-electron chi connectivity index (χ4n) is 4.61. The number of hydrogen-bond donors (Lipinski definition) is 1. The SMILES string of the molecule is CCN1C[C@@]2(CC1=O)CN(Cc1ccncc1)CCN(C(=O)Nc1ccccc1)C2. The lowest BCUT2D eigenvalue weighted by atomic mass is 9.86. The Balaban J connectivity index is 1.53. The van der Waals surface area contributed by atoms with Crippen molar-refractivity contribution in [3.8, 4) is 0 Å². The van der Waals surface area contributed by atoms with Gasteiger partial charge in [-0.25, -0.2) is 4.79 Å². The van der Waals surface area contributed by atoms with Gasteiger partial charge in [0.25, 0.3) is 0 Å². The van der Waals surface area contributed by atoms with E-state index in [1.165, 1.54) is 5.56 Å². The minimum Gasteiger partial charge on any atom is -0.342 e. The number of carbonyl (C=O) groups excluding carboxylic acids is 2. The average molecular weight is 408 g/mol. The number of hydrogen-bond acceptors (Lipinski definition) is 4. The van der Waals surface area contributed by atoms with Gasteiger partial charge >= 0.3 is 6.03 Å². The van der Waals surface area contributed by atoms with Crippen molar-refractivity contribution in [2.24, 2.45) is 5.41 Å². The third kappa shape index (κ3) is 4.62. The minimum absolute atomic E-state index is 0.103. The van der Waals surface area contributed by atoms with E-state index in [0.717, 1.165) is 25.3 Å². The molecule has 0 radical (unpaired) electrons. The standard InChI is InChI=1S/C23H29N5O2/c1-2-27-17-23(14-21(27)29)16-26(15-19-8-10-24-11-9-19)12-13-28(18-23)22(30)25-20-6-4-3-5-7-20/h3-11H,2,12-18H2,1H3,(H,25,30)/t23-/m1/s1. The van der Waals surface area contributed by atoms with Gasteiger partial charge in [0.05, 0.1) is 0 Å². The zero-order chi connectivity index (χ0) is 21.0. The fraction of sp³-hybridized carbons (Fsp3) is 0.435. The predicted molar refractivity (Wildman–Crippen MR) is 116 cm³/mol. The molecule has 7 nitrogen and oxygen atoms in total. The summed E-state index contributed by atoms with van der Waals surface area (Å²) in [6.07, 6.45) is 4.10. The Bertz CT molecular complexity index is 876. The molecule has 1 N–H and O–H groups in total. The minimum atomic E-state index is -0.245. The van der Waals surface area contributed by atoms with E-state index in [2.05, 4.69) is 15.2 Å². The highest BCUT2D eigenvalue weighted by Crippen LogP contribution is 2.35. The van der Waals surface area contributed by atoms with Crippen LogP contribution in [0.25, 0.3) is 0 Å². The zero-order valence-corrected chi connectivity index (χ0v) is 17.5. The quantitative estimate of drug-likeness (QED) is 0.846. The molecule has 0 aliphatic carbocycles. The summed E-state index contributed by atoms with van der Waals surface area (Å²) in [5.41, 5.74) is 1.73. The van der Waals surface area contributed by atoms with E-state index >= 15 is 0 Å². The van der Waals surface area contributed by atoms with E-state index in [4.69, 9.17) is 0 Å². The van der Waals surface area contributed by atoms with Crippen molar-refractivity contribution in [1.29, 1.82) is 0 Å². The van der Waals surface area contributed by atoms with E-state index in [0.29, 0.717) is 32.6 Å². The molecule has 2 saturated heterocycles. The molecule has 0 bridgehead atoms. The molecule has 2 aromatic rings. The molecule has 3 amide bonds. The van der Waals surface area contributed by atoms with Gasteiger partial charge in [-0.05, 0) is 36.8 Å². The molecule has 7 heteroatoms. The van der Waals surface area contributed by atoms with E-state index < -0.39 is 0 Å². The maximum absolute atomic E-state index is 13.0. The summed E-state index contributed by atoms with van der Waals surface area (Å²) >= 11 is 0. The number of urea groups is 1. The van der Waals surface area contributed by atoms with Gasteiger partial charge in [0.1, 0.15) is 0 Å². The fourth-order valence-corrected chi connectivity index (χ4v) is 4.61. The Morgan fingerprint density at radius 2 is 1.83 bits per heavy atom. The molecular formula is C23H29N5O2. The summed E-state index contributed by atoms with van der Waals surface area (Å²) in [6.45, 7) is 7.00. The number of likely N-dealkylation sites (tertiary alicyclic amines) is 1. The summed E-state index contributed by atoms with van der Waals surface area (Å²) in [7, 11) is 0. The van der Waals surface area contributed by atoms with E-state index in [9.17, 15) is 9.59 Å². The van der Waals surface area contributed by atoms with Crippen LogP contribution in [0.2, 0.25) is 0 Å². The number of para-hydroxylation sites is 1. The monoisotopic (exact) mass is 407 g/mol. The first-order chi connectivity index (χ1) is 14.6. The Morgan fingerprint density at radius 3 is 2.53 bits per heavy atom. The number of nitrogens with zero attached hydrogens (tertiary/aromatic N) is 4. The molecular weight excluding hydrogens is 378 g/mol. The molecule has 2 aliphatic rings. The number of carbonyl (C=O) groups is 2. The van der Waals surface area contributed by atoms with Crippen LogP contribution in [0.1, 0.15) is 18.9 Å². The van der Waals surface area contributed by atoms with Gasteiger partial charge in [-0.3, -0.25) is 14.7 Å². The Hall–Kier alpha value is -2.93. The normalized spacial score (nSPS) is 22.4. The summed E-state index contributed by atoms with van der Waals surface area (Å²) in [4.78, 5) is 35.9. The summed E-state index contributed by atoms with van der Waals surface area (Å²) in [6, 6.07) is 13.5. The number of amides is 3. The van der Waals surface area contributed by atoms with Crippen LogP contribution in [-0.4, -0.2) is 70.9 Å². The first-order valence-corrected chi connectivity index (χ1v) is 10.6. The van der Waals surface area contributed by atoms with E-state index in [1.54, 1.807) is 12.4 Å². The molecule has 1 aromatic heterocycles. The highest BCUT2D eigenvalue weighted by molar-refractivity contribution is 5.89. The maximum Gasteiger partial charge on any atom is 0.321 e. The largest absolute Gasteiger partial charge is 0.342 e. The molecule has 1 spiro atoms. The van der Waals surface area contributed by atoms with Gasteiger partial charge in [0.15, 0.2) is 0 Å². The molecule has 2 fully saturated rings. The lowest BCUT2D eigenvalue weighted by Gasteiger charge is -2.33. The molecule has 1 aromatic carbocycles. The predicted octanol–water partition coefficient (Wildman–Crippen LogP) is 2.67. The molecule has 158 valence electrons. The van der Waals surface area contributed by atoms with Gasteiger partial charge in [-0.1, -0.05) is 18.2 Å². The number of benzene rings is 1. The summed E-state index contributed by atoms with van der Waals surface area (Å²) in [5.74, 6) is 0.187. The van der Waals surface area contributed by atoms with E-state index in [-0.39, 0.29) is 17.4 Å². The van der Waals surface area contributed by atoms with Crippen molar-refractivity contribution in [3.05, 3.63) is 60.4 Å². The lowest BCUT2D eigenvalue weighted by Crippen LogP contribution is -2.45. The molecule has 4 rings (SSSR count). The van der Waals surface area contributed by atoms with Gasteiger partial charge < -0.3 is 15.1 Å². The maximum atomic E-state index is 13.0. The third-order valence-electron chi connectivity index (χ3n) is 6.03. The van der Waals surface area contributed by atoms with Gasteiger partial charge in [-0.2, -0.15) is 0 Å². The van der Waals surface area contributed by atoms with Crippen LogP contribution in [0, 0.1) is 5.41 Å². The van der Waals surface area contributed by atoms with Crippen molar-refractivity contribution >= 4 is 17.6 Å². The molecule has 3 heterocycles. The topological polar surface area (TPSA) is 68.8 Å². The van der Waals surface area contributed by atoms with Crippen molar-refractivity contribution in [3.63, 3.8) is 0 Å². The van der Waals surface area contributed by atoms with Gasteiger partial charge in [0, 0.05) is 75.7 Å². The van der Waals surface area contributed by atoms with Crippen LogP contribution in [0.15, 0.2) is 54.9 Å². The second-order valence-corrected chi connectivity index (χ2v) is 8.37. The number of rotatable bonds is 4. The number of aromatic nitrogens is 1. The highest BCUT2D eigenvalue weighted by Gasteiger charge is 2.46. The molecule has 2 aliphatic heterocycles. The smallest absolute Gasteiger partial charge is 0.321 e. The second kappa shape index (κ2) is 8.83. The van der Waals surface area contributed by atoms with Crippen LogP contribution in [-0.2, 0) is 11.3 Å². The van der Waals surface area contributed by atoms with E-state index in [1.807, 2.05) is 59.2 Å².